The van der Waals surface area contributed by atoms with E-state index >= 15 is 0 Å². The second kappa shape index (κ2) is 10.5. The summed E-state index contributed by atoms with van der Waals surface area (Å²) in [5.74, 6) is -1.04. The van der Waals surface area contributed by atoms with Crippen molar-refractivity contribution in [2.24, 2.45) is 0 Å². The predicted octanol–water partition coefficient (Wildman–Crippen LogP) is 2.77. The average Bonchev–Trinajstić information content (AvgIpc) is 3.08. The zero-order valence-electron chi connectivity index (χ0n) is 21.0. The molecule has 2 heterocycles. The first-order valence-electron chi connectivity index (χ1n) is 12.1. The van der Waals surface area contributed by atoms with Crippen LogP contribution in [0.4, 0.5) is 4.79 Å². The van der Waals surface area contributed by atoms with E-state index in [1.165, 1.54) is 11.0 Å². The summed E-state index contributed by atoms with van der Waals surface area (Å²) in [7, 11) is 0. The van der Waals surface area contributed by atoms with Gasteiger partial charge in [-0.05, 0) is 44.5 Å². The first-order chi connectivity index (χ1) is 17.1. The van der Waals surface area contributed by atoms with Crippen LogP contribution in [-0.2, 0) is 11.3 Å². The highest BCUT2D eigenvalue weighted by molar-refractivity contribution is 6.22. The molecule has 4 rings (SSSR count). The molecule has 1 saturated heterocycles. The van der Waals surface area contributed by atoms with Gasteiger partial charge in [-0.25, -0.2) is 4.79 Å². The number of ether oxygens (including phenoxy) is 1. The van der Waals surface area contributed by atoms with Crippen molar-refractivity contribution in [3.8, 4) is 0 Å². The molecule has 0 saturated carbocycles. The van der Waals surface area contributed by atoms with Gasteiger partial charge in [-0.1, -0.05) is 30.3 Å². The number of hydrogen-bond acceptors (Lipinski definition) is 6. The molecule has 2 aromatic carbocycles. The molecule has 0 bridgehead atoms. The zero-order chi connectivity index (χ0) is 25.9. The summed E-state index contributed by atoms with van der Waals surface area (Å²) in [6, 6.07) is 13.9. The van der Waals surface area contributed by atoms with Crippen LogP contribution < -0.4 is 5.32 Å². The number of nitrogens with zero attached hydrogens (tertiary/aromatic N) is 3. The standard InChI is InChI=1S/C27H32N4O5/c1-27(2,3)36-26(35)30-15-13-29(14-16-30)12-11-28-23(32)20-9-10-21-22(17-20)25(34)31(24(21)33)18-19-7-5-4-6-8-19/h4-10,17H,11-16,18H2,1-3H3,(H,28,32). The smallest absolute Gasteiger partial charge is 0.410 e. The number of carbonyl (C=O) groups is 4. The van der Waals surface area contributed by atoms with E-state index in [2.05, 4.69) is 10.2 Å². The summed E-state index contributed by atoms with van der Waals surface area (Å²) in [6.45, 7) is 9.33. The Morgan fingerprint density at radius 2 is 1.58 bits per heavy atom. The van der Waals surface area contributed by atoms with E-state index in [0.717, 1.165) is 5.56 Å². The van der Waals surface area contributed by atoms with Crippen molar-refractivity contribution >= 4 is 23.8 Å². The van der Waals surface area contributed by atoms with E-state index < -0.39 is 11.5 Å². The molecule has 0 aromatic heterocycles. The number of piperazine rings is 1. The minimum Gasteiger partial charge on any atom is -0.444 e. The lowest BCUT2D eigenvalue weighted by atomic mass is 10.1. The third-order valence-electron chi connectivity index (χ3n) is 6.15. The number of rotatable bonds is 6. The van der Waals surface area contributed by atoms with Gasteiger partial charge in [-0.2, -0.15) is 0 Å². The SMILES string of the molecule is CC(C)(C)OC(=O)N1CCN(CCNC(=O)c2ccc3c(c2)C(=O)N(Cc2ccccc2)C3=O)CC1. The normalized spacial score (nSPS) is 16.2. The number of hydrogen-bond donors (Lipinski definition) is 1. The molecule has 0 spiro atoms. The fraction of sp³-hybridized carbons (Fsp3) is 0.407. The predicted molar refractivity (Wildman–Crippen MR) is 134 cm³/mol. The Morgan fingerprint density at radius 1 is 0.917 bits per heavy atom. The van der Waals surface area contributed by atoms with Gasteiger partial charge in [-0.15, -0.1) is 0 Å². The zero-order valence-corrected chi connectivity index (χ0v) is 21.0. The van der Waals surface area contributed by atoms with Crippen LogP contribution in [0.5, 0.6) is 0 Å². The molecular formula is C27H32N4O5. The molecule has 4 amide bonds. The Morgan fingerprint density at radius 3 is 2.25 bits per heavy atom. The van der Waals surface area contributed by atoms with Crippen LogP contribution in [0, 0.1) is 0 Å². The van der Waals surface area contributed by atoms with E-state index in [1.807, 2.05) is 51.1 Å². The fourth-order valence-corrected chi connectivity index (χ4v) is 4.25. The van der Waals surface area contributed by atoms with Crippen molar-refractivity contribution in [3.05, 3.63) is 70.8 Å². The highest BCUT2D eigenvalue weighted by atomic mass is 16.6. The molecule has 0 aliphatic carbocycles. The fourth-order valence-electron chi connectivity index (χ4n) is 4.25. The van der Waals surface area contributed by atoms with Gasteiger partial charge in [-0.3, -0.25) is 24.2 Å². The Bertz CT molecular complexity index is 1150. The van der Waals surface area contributed by atoms with E-state index in [-0.39, 0.29) is 30.0 Å². The molecule has 9 heteroatoms. The van der Waals surface area contributed by atoms with Crippen LogP contribution in [-0.4, -0.2) is 83.4 Å². The molecule has 2 aliphatic heterocycles. The lowest BCUT2D eigenvalue weighted by Crippen LogP contribution is -2.51. The summed E-state index contributed by atoms with van der Waals surface area (Å²) < 4.78 is 5.42. The van der Waals surface area contributed by atoms with Gasteiger partial charge >= 0.3 is 6.09 Å². The van der Waals surface area contributed by atoms with Gasteiger partial charge in [0.25, 0.3) is 17.7 Å². The first kappa shape index (κ1) is 25.4. The first-order valence-corrected chi connectivity index (χ1v) is 12.1. The lowest BCUT2D eigenvalue weighted by Gasteiger charge is -2.35. The number of benzene rings is 2. The molecule has 2 aromatic rings. The molecule has 36 heavy (non-hydrogen) atoms. The van der Waals surface area contributed by atoms with Crippen LogP contribution in [0.25, 0.3) is 0 Å². The van der Waals surface area contributed by atoms with Crippen molar-refractivity contribution in [1.29, 1.82) is 0 Å². The summed E-state index contributed by atoms with van der Waals surface area (Å²) in [5, 5.41) is 2.88. The maximum Gasteiger partial charge on any atom is 0.410 e. The van der Waals surface area contributed by atoms with Gasteiger partial charge in [0.2, 0.25) is 0 Å². The molecule has 0 unspecified atom stereocenters. The number of imide groups is 1. The maximum absolute atomic E-state index is 12.9. The topological polar surface area (TPSA) is 99.3 Å². The average molecular weight is 493 g/mol. The van der Waals surface area contributed by atoms with Crippen LogP contribution in [0.15, 0.2) is 48.5 Å². The number of nitrogens with one attached hydrogen (secondary N) is 1. The van der Waals surface area contributed by atoms with Crippen LogP contribution in [0.3, 0.4) is 0 Å². The second-order valence-electron chi connectivity index (χ2n) is 10.0. The molecule has 190 valence electrons. The van der Waals surface area contributed by atoms with E-state index in [1.54, 1.807) is 17.0 Å². The molecule has 1 fully saturated rings. The van der Waals surface area contributed by atoms with Crippen molar-refractivity contribution in [2.45, 2.75) is 32.9 Å². The molecule has 9 nitrogen and oxygen atoms in total. The Kier molecular flexibility index (Phi) is 7.40. The van der Waals surface area contributed by atoms with Crippen molar-refractivity contribution in [1.82, 2.24) is 20.0 Å². The maximum atomic E-state index is 12.9. The summed E-state index contributed by atoms with van der Waals surface area (Å²) in [5.41, 5.74) is 1.24. The summed E-state index contributed by atoms with van der Waals surface area (Å²) in [4.78, 5) is 55.6. The van der Waals surface area contributed by atoms with Gasteiger partial charge in [0.05, 0.1) is 17.7 Å². The summed E-state index contributed by atoms with van der Waals surface area (Å²) in [6.07, 6.45) is -0.303. The van der Waals surface area contributed by atoms with Gasteiger partial charge in [0.1, 0.15) is 5.60 Å². The van der Waals surface area contributed by atoms with Gasteiger partial charge < -0.3 is 15.0 Å². The second-order valence-corrected chi connectivity index (χ2v) is 10.0. The van der Waals surface area contributed by atoms with Crippen LogP contribution in [0.1, 0.15) is 57.4 Å². The minimum atomic E-state index is -0.520. The van der Waals surface area contributed by atoms with Crippen molar-refractivity contribution < 1.29 is 23.9 Å². The van der Waals surface area contributed by atoms with Crippen LogP contribution in [0.2, 0.25) is 0 Å². The third-order valence-corrected chi connectivity index (χ3v) is 6.15. The molecule has 0 radical (unpaired) electrons. The highest BCUT2D eigenvalue weighted by Crippen LogP contribution is 2.25. The Hall–Kier alpha value is -3.72. The van der Waals surface area contributed by atoms with E-state index in [4.69, 9.17) is 4.74 Å². The number of carbonyl (C=O) groups excluding carboxylic acids is 4. The third kappa shape index (κ3) is 5.91. The van der Waals surface area contributed by atoms with Gasteiger partial charge in [0, 0.05) is 44.8 Å². The molecule has 0 atom stereocenters. The lowest BCUT2D eigenvalue weighted by molar-refractivity contribution is 0.0146. The van der Waals surface area contributed by atoms with Crippen LogP contribution >= 0.6 is 0 Å². The minimum absolute atomic E-state index is 0.190. The largest absolute Gasteiger partial charge is 0.444 e. The Balaban J connectivity index is 1.27. The van der Waals surface area contributed by atoms with Gasteiger partial charge in [0.15, 0.2) is 0 Å². The highest BCUT2D eigenvalue weighted by Gasteiger charge is 2.36. The summed E-state index contributed by atoms with van der Waals surface area (Å²) >= 11 is 0. The van der Waals surface area contributed by atoms with Crippen molar-refractivity contribution in [3.63, 3.8) is 0 Å². The molecular weight excluding hydrogens is 460 g/mol. The number of fused-ring (bicyclic) bond motifs is 1. The monoisotopic (exact) mass is 492 g/mol. The molecule has 1 N–H and O–H groups in total. The van der Waals surface area contributed by atoms with E-state index in [9.17, 15) is 19.2 Å². The number of amides is 4. The molecule has 2 aliphatic rings. The van der Waals surface area contributed by atoms with Crippen molar-refractivity contribution in [2.75, 3.05) is 39.3 Å². The quantitative estimate of drug-likeness (QED) is 0.623. The Labute approximate surface area is 211 Å². The van der Waals surface area contributed by atoms with E-state index in [0.29, 0.717) is 50.4 Å².